The van der Waals surface area contributed by atoms with Gasteiger partial charge in [-0.05, 0) is 56.8 Å². The lowest BCUT2D eigenvalue weighted by Crippen LogP contribution is -2.31. The second kappa shape index (κ2) is 7.24. The number of rotatable bonds is 5. The fourth-order valence-electron chi connectivity index (χ4n) is 2.66. The first-order valence-corrected chi connectivity index (χ1v) is 7.21. The number of nitrogens with zero attached hydrogens (tertiary/aromatic N) is 1. The van der Waals surface area contributed by atoms with E-state index in [2.05, 4.69) is 22.5 Å². The molecular weight excluding hydrogens is 238 g/mol. The van der Waals surface area contributed by atoms with Gasteiger partial charge < -0.3 is 10.6 Å². The molecule has 1 aliphatic carbocycles. The summed E-state index contributed by atoms with van der Waals surface area (Å²) < 4.78 is 0. The zero-order valence-electron chi connectivity index (χ0n) is 11.6. The number of nitrogens with one attached hydrogen (secondary N) is 2. The fraction of sp³-hybridized carbons (Fsp3) is 0.600. The van der Waals surface area contributed by atoms with Crippen LogP contribution in [0.15, 0.2) is 24.5 Å². The van der Waals surface area contributed by atoms with Gasteiger partial charge in [-0.15, -0.1) is 0 Å². The molecule has 104 valence electrons. The largest absolute Gasteiger partial charge is 0.326 e. The predicted molar refractivity (Wildman–Crippen MR) is 76.9 cm³/mol. The lowest BCUT2D eigenvalue weighted by atomic mass is 9.81. The van der Waals surface area contributed by atoms with Crippen LogP contribution in [0, 0.1) is 11.8 Å². The summed E-state index contributed by atoms with van der Waals surface area (Å²) in [4.78, 5) is 16.1. The number of aromatic nitrogens is 1. The van der Waals surface area contributed by atoms with Crippen molar-refractivity contribution in [2.24, 2.45) is 11.8 Å². The molecule has 4 heteroatoms. The quantitative estimate of drug-likeness (QED) is 0.856. The molecular formula is C15H23N3O. The molecule has 0 saturated heterocycles. The van der Waals surface area contributed by atoms with E-state index in [0.29, 0.717) is 0 Å². The highest BCUT2D eigenvalue weighted by molar-refractivity contribution is 5.92. The van der Waals surface area contributed by atoms with Gasteiger partial charge in [0.1, 0.15) is 0 Å². The van der Waals surface area contributed by atoms with Crippen LogP contribution in [-0.4, -0.2) is 24.0 Å². The van der Waals surface area contributed by atoms with Gasteiger partial charge in [0.2, 0.25) is 5.91 Å². The Bertz CT molecular complexity index is 386. The first kappa shape index (κ1) is 14.0. The number of anilines is 1. The Labute approximate surface area is 115 Å². The lowest BCUT2D eigenvalue weighted by Gasteiger charge is -2.27. The van der Waals surface area contributed by atoms with Crippen molar-refractivity contribution in [3.8, 4) is 0 Å². The summed E-state index contributed by atoms with van der Waals surface area (Å²) in [6, 6.07) is 3.66. The number of carbonyl (C=O) groups is 1. The van der Waals surface area contributed by atoms with Crippen molar-refractivity contribution in [1.82, 2.24) is 10.3 Å². The molecule has 1 saturated carbocycles. The van der Waals surface area contributed by atoms with Crippen molar-refractivity contribution in [2.75, 3.05) is 18.4 Å². The highest BCUT2D eigenvalue weighted by Crippen LogP contribution is 2.29. The molecule has 0 aliphatic heterocycles. The minimum atomic E-state index is 0.160. The van der Waals surface area contributed by atoms with Crippen LogP contribution in [0.2, 0.25) is 0 Å². The maximum absolute atomic E-state index is 12.1. The molecule has 1 heterocycles. The average Bonchev–Trinajstić information content (AvgIpc) is 2.46. The highest BCUT2D eigenvalue weighted by atomic mass is 16.1. The molecule has 1 aromatic heterocycles. The van der Waals surface area contributed by atoms with Crippen molar-refractivity contribution in [3.63, 3.8) is 0 Å². The normalized spacial score (nSPS) is 23.0. The summed E-state index contributed by atoms with van der Waals surface area (Å²) in [6.45, 7) is 4.26. The van der Waals surface area contributed by atoms with Crippen LogP contribution in [0.25, 0.3) is 0 Å². The van der Waals surface area contributed by atoms with Gasteiger partial charge in [-0.3, -0.25) is 9.78 Å². The van der Waals surface area contributed by atoms with Gasteiger partial charge in [-0.1, -0.05) is 6.92 Å². The summed E-state index contributed by atoms with van der Waals surface area (Å²) in [6.07, 6.45) is 7.72. The third kappa shape index (κ3) is 4.31. The fourth-order valence-corrected chi connectivity index (χ4v) is 2.66. The summed E-state index contributed by atoms with van der Waals surface area (Å²) >= 11 is 0. The number of carbonyl (C=O) groups excluding carboxylic acids is 1. The van der Waals surface area contributed by atoms with Gasteiger partial charge in [0.05, 0.1) is 0 Å². The topological polar surface area (TPSA) is 54.0 Å². The Hall–Kier alpha value is -1.42. The van der Waals surface area contributed by atoms with Crippen LogP contribution >= 0.6 is 0 Å². The smallest absolute Gasteiger partial charge is 0.227 e. The van der Waals surface area contributed by atoms with Crippen LogP contribution in [0.3, 0.4) is 0 Å². The molecule has 2 N–H and O–H groups in total. The Morgan fingerprint density at radius 2 is 1.95 bits per heavy atom. The average molecular weight is 261 g/mol. The van der Waals surface area contributed by atoms with Crippen molar-refractivity contribution in [1.29, 1.82) is 0 Å². The zero-order valence-corrected chi connectivity index (χ0v) is 11.6. The first-order chi connectivity index (χ1) is 9.29. The number of hydrogen-bond donors (Lipinski definition) is 2. The Morgan fingerprint density at radius 1 is 1.26 bits per heavy atom. The molecule has 4 nitrogen and oxygen atoms in total. The van der Waals surface area contributed by atoms with Gasteiger partial charge in [-0.25, -0.2) is 0 Å². The molecule has 1 aromatic rings. The lowest BCUT2D eigenvalue weighted by molar-refractivity contribution is -0.121. The molecule has 1 aliphatic rings. The Morgan fingerprint density at radius 3 is 2.58 bits per heavy atom. The van der Waals surface area contributed by atoms with Crippen LogP contribution in [0.1, 0.15) is 32.6 Å². The maximum atomic E-state index is 12.1. The van der Waals surface area contributed by atoms with E-state index in [-0.39, 0.29) is 11.8 Å². The van der Waals surface area contributed by atoms with Gasteiger partial charge in [0.25, 0.3) is 0 Å². The summed E-state index contributed by atoms with van der Waals surface area (Å²) in [5, 5.41) is 6.37. The molecule has 0 spiro atoms. The van der Waals surface area contributed by atoms with Crippen LogP contribution in [-0.2, 0) is 4.79 Å². The maximum Gasteiger partial charge on any atom is 0.227 e. The Kier molecular flexibility index (Phi) is 5.33. The van der Waals surface area contributed by atoms with Crippen LogP contribution in [0.4, 0.5) is 5.69 Å². The van der Waals surface area contributed by atoms with Gasteiger partial charge in [-0.2, -0.15) is 0 Å². The summed E-state index contributed by atoms with van der Waals surface area (Å²) in [5.41, 5.74) is 0.842. The van der Waals surface area contributed by atoms with E-state index >= 15 is 0 Å². The van der Waals surface area contributed by atoms with Gasteiger partial charge >= 0.3 is 0 Å². The van der Waals surface area contributed by atoms with Gasteiger partial charge in [0, 0.05) is 24.0 Å². The monoisotopic (exact) mass is 261 g/mol. The van der Waals surface area contributed by atoms with E-state index in [4.69, 9.17) is 0 Å². The van der Waals surface area contributed by atoms with Gasteiger partial charge in [0.15, 0.2) is 0 Å². The van der Waals surface area contributed by atoms with Crippen molar-refractivity contribution < 1.29 is 4.79 Å². The second-order valence-electron chi connectivity index (χ2n) is 5.25. The molecule has 0 unspecified atom stereocenters. The third-order valence-electron chi connectivity index (χ3n) is 3.85. The zero-order chi connectivity index (χ0) is 13.5. The number of amides is 1. The van der Waals surface area contributed by atoms with Crippen LogP contribution in [0.5, 0.6) is 0 Å². The predicted octanol–water partition coefficient (Wildman–Crippen LogP) is 2.44. The number of hydrogen-bond acceptors (Lipinski definition) is 3. The first-order valence-electron chi connectivity index (χ1n) is 7.21. The van der Waals surface area contributed by atoms with E-state index in [0.717, 1.165) is 50.4 Å². The molecule has 1 amide bonds. The molecule has 0 radical (unpaired) electrons. The van der Waals surface area contributed by atoms with Crippen LogP contribution < -0.4 is 10.6 Å². The molecule has 1 fully saturated rings. The Balaban J connectivity index is 1.76. The molecule has 0 bridgehead atoms. The van der Waals surface area contributed by atoms with Crippen molar-refractivity contribution in [3.05, 3.63) is 24.5 Å². The third-order valence-corrected chi connectivity index (χ3v) is 3.85. The molecule has 2 rings (SSSR count). The minimum Gasteiger partial charge on any atom is -0.326 e. The van der Waals surface area contributed by atoms with Crippen molar-refractivity contribution in [2.45, 2.75) is 32.6 Å². The van der Waals surface area contributed by atoms with E-state index in [1.165, 1.54) is 0 Å². The second-order valence-corrected chi connectivity index (χ2v) is 5.25. The molecule has 0 aromatic carbocycles. The van der Waals surface area contributed by atoms with E-state index in [9.17, 15) is 4.79 Å². The molecule has 19 heavy (non-hydrogen) atoms. The summed E-state index contributed by atoms with van der Waals surface area (Å²) in [7, 11) is 0. The molecule has 0 atom stereocenters. The minimum absolute atomic E-state index is 0.160. The van der Waals surface area contributed by atoms with E-state index in [1.807, 2.05) is 12.1 Å². The van der Waals surface area contributed by atoms with E-state index in [1.54, 1.807) is 12.4 Å². The summed E-state index contributed by atoms with van der Waals surface area (Å²) in [5.74, 6) is 1.07. The number of pyridine rings is 1. The van der Waals surface area contributed by atoms with Crippen molar-refractivity contribution >= 4 is 11.6 Å². The van der Waals surface area contributed by atoms with E-state index < -0.39 is 0 Å². The standard InChI is InChI=1S/C15H23N3O/c1-2-16-11-12-3-5-13(6-4-12)15(19)18-14-7-9-17-10-8-14/h7-10,12-13,16H,2-6,11H2,1H3,(H,17,18,19)/t12-,13-. The SMILES string of the molecule is CCNC[C@H]1CC[C@H](C(=O)Nc2ccncc2)CC1. The highest BCUT2D eigenvalue weighted by Gasteiger charge is 2.25.